The zero-order valence-corrected chi connectivity index (χ0v) is 13.8. The molecule has 8 heteroatoms. The van der Waals surface area contributed by atoms with Crippen LogP contribution < -0.4 is 15.4 Å². The Labute approximate surface area is 152 Å². The van der Waals surface area contributed by atoms with Crippen molar-refractivity contribution in [2.24, 2.45) is 0 Å². The summed E-state index contributed by atoms with van der Waals surface area (Å²) in [6.45, 7) is 0. The van der Waals surface area contributed by atoms with Crippen LogP contribution in [0.3, 0.4) is 0 Å². The second-order valence-corrected chi connectivity index (χ2v) is 5.45. The maximum Gasteiger partial charge on any atom is 0.416 e. The van der Waals surface area contributed by atoms with Crippen molar-refractivity contribution in [3.63, 3.8) is 0 Å². The first kappa shape index (κ1) is 18.2. The summed E-state index contributed by atoms with van der Waals surface area (Å²) in [5, 5.41) is 4.98. The number of ether oxygens (including phenoxy) is 1. The summed E-state index contributed by atoms with van der Waals surface area (Å²) in [5.74, 6) is 0.987. The monoisotopic (exact) mass is 373 g/mol. The topological polar surface area (TPSA) is 63.2 Å². The zero-order valence-electron chi connectivity index (χ0n) is 13.8. The largest absolute Gasteiger partial charge is 0.439 e. The normalized spacial score (nSPS) is 10.9. The first-order chi connectivity index (χ1) is 12.9. The van der Waals surface area contributed by atoms with Gasteiger partial charge in [0.15, 0.2) is 0 Å². The van der Waals surface area contributed by atoms with Gasteiger partial charge in [-0.3, -0.25) is 0 Å². The van der Waals surface area contributed by atoms with Gasteiger partial charge in [0.1, 0.15) is 5.75 Å². The van der Waals surface area contributed by atoms with Crippen molar-refractivity contribution in [3.05, 3.63) is 78.5 Å². The predicted molar refractivity (Wildman–Crippen MR) is 94.8 cm³/mol. The number of carbonyl (C=O) groups is 1. The number of benzene rings is 2. The second-order valence-electron chi connectivity index (χ2n) is 5.45. The summed E-state index contributed by atoms with van der Waals surface area (Å²) in [6.07, 6.45) is -3.01. The molecule has 2 N–H and O–H groups in total. The van der Waals surface area contributed by atoms with Crippen LogP contribution in [0.5, 0.6) is 11.6 Å². The molecule has 0 radical (unpaired) electrons. The van der Waals surface area contributed by atoms with Crippen LogP contribution in [-0.4, -0.2) is 11.0 Å². The van der Waals surface area contributed by atoms with Crippen LogP contribution in [-0.2, 0) is 6.18 Å². The number of para-hydroxylation sites is 1. The number of aromatic nitrogens is 1. The minimum Gasteiger partial charge on any atom is -0.439 e. The Morgan fingerprint density at radius 3 is 2.07 bits per heavy atom. The highest BCUT2D eigenvalue weighted by Crippen LogP contribution is 2.29. The molecule has 27 heavy (non-hydrogen) atoms. The number of rotatable bonds is 4. The van der Waals surface area contributed by atoms with Crippen molar-refractivity contribution in [1.29, 1.82) is 0 Å². The summed E-state index contributed by atoms with van der Waals surface area (Å²) in [7, 11) is 0. The molecule has 0 saturated heterocycles. The summed E-state index contributed by atoms with van der Waals surface area (Å²) in [6, 6.07) is 15.8. The molecule has 1 aromatic heterocycles. The zero-order chi connectivity index (χ0) is 19.3. The van der Waals surface area contributed by atoms with E-state index >= 15 is 0 Å². The number of nitrogens with zero attached hydrogens (tertiary/aromatic N) is 1. The second kappa shape index (κ2) is 7.77. The molecule has 0 spiro atoms. The van der Waals surface area contributed by atoms with E-state index in [9.17, 15) is 18.0 Å². The highest BCUT2D eigenvalue weighted by molar-refractivity contribution is 5.99. The van der Waals surface area contributed by atoms with E-state index < -0.39 is 17.8 Å². The van der Waals surface area contributed by atoms with Crippen LogP contribution in [0.4, 0.5) is 29.3 Å². The van der Waals surface area contributed by atoms with Crippen LogP contribution in [0.2, 0.25) is 0 Å². The van der Waals surface area contributed by atoms with Gasteiger partial charge in [-0.2, -0.15) is 13.2 Å². The van der Waals surface area contributed by atoms with E-state index in [-0.39, 0.29) is 5.69 Å². The quantitative estimate of drug-likeness (QED) is 0.631. The van der Waals surface area contributed by atoms with E-state index in [0.717, 1.165) is 12.1 Å². The van der Waals surface area contributed by atoms with E-state index in [1.807, 2.05) is 18.2 Å². The van der Waals surface area contributed by atoms with Gasteiger partial charge in [-0.1, -0.05) is 18.2 Å². The molecule has 5 nitrogen and oxygen atoms in total. The molecule has 0 saturated carbocycles. The van der Waals surface area contributed by atoms with Gasteiger partial charge in [-0.15, -0.1) is 0 Å². The van der Waals surface area contributed by atoms with Crippen molar-refractivity contribution in [2.45, 2.75) is 6.18 Å². The van der Waals surface area contributed by atoms with Crippen LogP contribution in [0, 0.1) is 0 Å². The molecular formula is C19H14F3N3O2. The van der Waals surface area contributed by atoms with Crippen LogP contribution in [0.1, 0.15) is 5.56 Å². The average molecular weight is 373 g/mol. The third kappa shape index (κ3) is 5.21. The Hall–Kier alpha value is -3.55. The first-order valence-corrected chi connectivity index (χ1v) is 7.84. The number of nitrogens with one attached hydrogen (secondary N) is 2. The fraction of sp³-hybridized carbons (Fsp3) is 0.0526. The Morgan fingerprint density at radius 2 is 1.48 bits per heavy atom. The SMILES string of the molecule is O=C(Nc1ccc(C(F)(F)F)cc1)Nc1ccc(Oc2ccccc2)nc1. The van der Waals surface area contributed by atoms with Gasteiger partial charge in [0.2, 0.25) is 5.88 Å². The fourth-order valence-corrected chi connectivity index (χ4v) is 2.16. The lowest BCUT2D eigenvalue weighted by atomic mass is 10.2. The fourth-order valence-electron chi connectivity index (χ4n) is 2.16. The minimum atomic E-state index is -4.42. The predicted octanol–water partition coefficient (Wildman–Crippen LogP) is 5.54. The lowest BCUT2D eigenvalue weighted by Gasteiger charge is -2.10. The standard InChI is InChI=1S/C19H14F3N3O2/c20-19(21,22)13-6-8-14(9-7-13)24-18(26)25-15-10-11-17(23-12-15)27-16-4-2-1-3-5-16/h1-12H,(H2,24,25,26). The molecule has 0 unspecified atom stereocenters. The third-order valence-corrected chi connectivity index (χ3v) is 3.43. The van der Waals surface area contributed by atoms with E-state index in [4.69, 9.17) is 4.74 Å². The molecule has 3 aromatic rings. The molecule has 138 valence electrons. The van der Waals surface area contributed by atoms with E-state index in [2.05, 4.69) is 15.6 Å². The van der Waals surface area contributed by atoms with Gasteiger partial charge < -0.3 is 15.4 Å². The van der Waals surface area contributed by atoms with Gasteiger partial charge in [0.25, 0.3) is 0 Å². The number of urea groups is 1. The maximum absolute atomic E-state index is 12.5. The molecule has 0 fully saturated rings. The first-order valence-electron chi connectivity index (χ1n) is 7.84. The van der Waals surface area contributed by atoms with Crippen molar-refractivity contribution in [1.82, 2.24) is 4.98 Å². The van der Waals surface area contributed by atoms with Crippen molar-refractivity contribution in [3.8, 4) is 11.6 Å². The number of halogens is 3. The van der Waals surface area contributed by atoms with Crippen LogP contribution >= 0.6 is 0 Å². The smallest absolute Gasteiger partial charge is 0.416 e. The summed E-state index contributed by atoms with van der Waals surface area (Å²) < 4.78 is 43.1. The average Bonchev–Trinajstić information content (AvgIpc) is 2.64. The van der Waals surface area contributed by atoms with Crippen molar-refractivity contribution in [2.75, 3.05) is 10.6 Å². The number of carbonyl (C=O) groups excluding carboxylic acids is 1. The summed E-state index contributed by atoms with van der Waals surface area (Å²) in [5.41, 5.74) is -0.149. The Kier molecular flexibility index (Phi) is 5.25. The number of hydrogen-bond acceptors (Lipinski definition) is 3. The molecule has 0 aliphatic carbocycles. The molecule has 1 heterocycles. The van der Waals surface area contributed by atoms with Gasteiger partial charge in [0.05, 0.1) is 17.4 Å². The Morgan fingerprint density at radius 1 is 0.852 bits per heavy atom. The van der Waals surface area contributed by atoms with Gasteiger partial charge in [-0.25, -0.2) is 9.78 Å². The van der Waals surface area contributed by atoms with Crippen LogP contribution in [0.15, 0.2) is 72.9 Å². The lowest BCUT2D eigenvalue weighted by Crippen LogP contribution is -2.19. The van der Waals surface area contributed by atoms with Crippen LogP contribution in [0.25, 0.3) is 0 Å². The van der Waals surface area contributed by atoms with E-state index in [1.165, 1.54) is 18.3 Å². The molecule has 0 bridgehead atoms. The molecule has 3 rings (SSSR count). The van der Waals surface area contributed by atoms with Crippen molar-refractivity contribution < 1.29 is 22.7 Å². The highest BCUT2D eigenvalue weighted by Gasteiger charge is 2.29. The molecule has 0 aliphatic heterocycles. The van der Waals surface area contributed by atoms with Crippen molar-refractivity contribution >= 4 is 17.4 Å². The molecule has 2 amide bonds. The molecule has 0 aliphatic rings. The third-order valence-electron chi connectivity index (χ3n) is 3.43. The van der Waals surface area contributed by atoms with E-state index in [0.29, 0.717) is 17.3 Å². The number of alkyl halides is 3. The van der Waals surface area contributed by atoms with E-state index in [1.54, 1.807) is 24.3 Å². The Bertz CT molecular complexity index is 896. The minimum absolute atomic E-state index is 0.234. The highest BCUT2D eigenvalue weighted by atomic mass is 19.4. The molecular weight excluding hydrogens is 359 g/mol. The van der Waals surface area contributed by atoms with Gasteiger partial charge in [-0.05, 0) is 42.5 Å². The van der Waals surface area contributed by atoms with Gasteiger partial charge >= 0.3 is 12.2 Å². The Balaban J connectivity index is 1.56. The number of hydrogen-bond donors (Lipinski definition) is 2. The number of pyridine rings is 1. The number of amides is 2. The number of anilines is 2. The molecule has 2 aromatic carbocycles. The summed E-state index contributed by atoms with van der Waals surface area (Å²) >= 11 is 0. The molecule has 0 atom stereocenters. The van der Waals surface area contributed by atoms with Gasteiger partial charge in [0, 0.05) is 11.8 Å². The maximum atomic E-state index is 12.5. The summed E-state index contributed by atoms with van der Waals surface area (Å²) in [4.78, 5) is 16.0. The lowest BCUT2D eigenvalue weighted by molar-refractivity contribution is -0.137.